The molecule has 0 bridgehead atoms. The van der Waals surface area contributed by atoms with Crippen LogP contribution < -0.4 is 10.6 Å². The lowest BCUT2D eigenvalue weighted by Gasteiger charge is -2.07. The van der Waals surface area contributed by atoms with E-state index in [-0.39, 0.29) is 22.3 Å². The number of aromatic nitrogens is 1. The molecule has 0 spiro atoms. The molecular weight excluding hydrogens is 307 g/mol. The van der Waals surface area contributed by atoms with Crippen LogP contribution in [0.3, 0.4) is 0 Å². The van der Waals surface area contributed by atoms with Crippen molar-refractivity contribution in [1.82, 2.24) is 4.98 Å². The number of hydrogen-bond acceptors (Lipinski definition) is 6. The second-order valence-electron chi connectivity index (χ2n) is 3.73. The molecule has 5 nitrogen and oxygen atoms in total. The lowest BCUT2D eigenvalue weighted by atomic mass is 10.2. The van der Waals surface area contributed by atoms with Crippen LogP contribution in [0.4, 0.5) is 18.3 Å². The molecule has 0 aliphatic rings. The number of rotatable bonds is 4. The van der Waals surface area contributed by atoms with Crippen molar-refractivity contribution in [3.8, 4) is 5.75 Å². The number of nitrogen functional groups attached to an aromatic ring is 1. The van der Waals surface area contributed by atoms with Gasteiger partial charge in [-0.1, -0.05) is 11.2 Å². The normalized spacial score (nSPS) is 12.2. The summed E-state index contributed by atoms with van der Waals surface area (Å²) in [5, 5.41) is 5.10. The molecule has 0 saturated heterocycles. The van der Waals surface area contributed by atoms with Gasteiger partial charge in [-0.15, -0.1) is 11.3 Å². The smallest absolute Gasteiger partial charge is 0.375 e. The lowest BCUT2D eigenvalue weighted by molar-refractivity contribution is -0.137. The Kier molecular flexibility index (Phi) is 4.22. The van der Waals surface area contributed by atoms with Crippen molar-refractivity contribution in [3.63, 3.8) is 0 Å². The molecule has 1 heterocycles. The first-order valence-electron chi connectivity index (χ1n) is 5.42. The minimum Gasteiger partial charge on any atom is -0.375 e. The Bertz CT molecular complexity index is 682. The summed E-state index contributed by atoms with van der Waals surface area (Å²) in [7, 11) is 0. The summed E-state index contributed by atoms with van der Waals surface area (Å²) in [6.45, 7) is 0. The molecule has 1 radical (unpaired) electrons. The maximum absolute atomic E-state index is 12.5. The molecule has 2 rings (SSSR count). The van der Waals surface area contributed by atoms with Crippen LogP contribution in [0.2, 0.25) is 0 Å². The predicted octanol–water partition coefficient (Wildman–Crippen LogP) is 2.64. The summed E-state index contributed by atoms with van der Waals surface area (Å²) in [6, 6.07) is 4.10. The maximum Gasteiger partial charge on any atom is 0.416 e. The summed E-state index contributed by atoms with van der Waals surface area (Å²) >= 11 is 1.08. The summed E-state index contributed by atoms with van der Waals surface area (Å²) in [5.74, 6) is -0.166. The number of anilines is 1. The van der Waals surface area contributed by atoms with Crippen LogP contribution in [-0.2, 0) is 11.0 Å². The van der Waals surface area contributed by atoms with Crippen LogP contribution in [0.5, 0.6) is 5.75 Å². The van der Waals surface area contributed by atoms with E-state index in [4.69, 9.17) is 10.6 Å². The zero-order chi connectivity index (χ0) is 15.5. The van der Waals surface area contributed by atoms with Gasteiger partial charge in [0.1, 0.15) is 5.69 Å². The molecule has 0 amide bonds. The monoisotopic (exact) mass is 314 g/mol. The average molecular weight is 314 g/mol. The van der Waals surface area contributed by atoms with E-state index < -0.39 is 11.7 Å². The highest BCUT2D eigenvalue weighted by atomic mass is 32.1. The van der Waals surface area contributed by atoms with Gasteiger partial charge in [0.25, 0.3) is 6.29 Å². The van der Waals surface area contributed by atoms with Gasteiger partial charge in [-0.3, -0.25) is 4.79 Å². The topological polar surface area (TPSA) is 77.6 Å². The van der Waals surface area contributed by atoms with Crippen molar-refractivity contribution in [3.05, 3.63) is 40.9 Å². The molecule has 2 aromatic rings. The summed E-state index contributed by atoms with van der Waals surface area (Å²) in [6.07, 6.45) is -3.01. The van der Waals surface area contributed by atoms with Crippen molar-refractivity contribution in [2.75, 3.05) is 5.73 Å². The summed E-state index contributed by atoms with van der Waals surface area (Å²) in [4.78, 5) is 19.4. The number of carbonyl (C=O) groups excluding carboxylic acids is 1. The molecule has 0 atom stereocenters. The van der Waals surface area contributed by atoms with Crippen molar-refractivity contribution >= 4 is 28.5 Å². The van der Waals surface area contributed by atoms with Gasteiger partial charge in [0, 0.05) is 5.38 Å². The fraction of sp³-hybridized carbons (Fsp3) is 0.0833. The van der Waals surface area contributed by atoms with Crippen molar-refractivity contribution < 1.29 is 22.8 Å². The van der Waals surface area contributed by atoms with E-state index in [1.54, 1.807) is 0 Å². The Hall–Kier alpha value is -2.42. The number of halogens is 3. The first-order chi connectivity index (χ1) is 9.90. The van der Waals surface area contributed by atoms with Crippen LogP contribution in [0.1, 0.15) is 11.3 Å². The molecule has 0 fully saturated rings. The first kappa shape index (κ1) is 15.0. The predicted molar refractivity (Wildman–Crippen MR) is 70.8 cm³/mol. The first-order valence-corrected chi connectivity index (χ1v) is 6.30. The van der Waals surface area contributed by atoms with Crippen molar-refractivity contribution in [2.24, 2.45) is 5.16 Å². The van der Waals surface area contributed by atoms with Crippen molar-refractivity contribution in [2.45, 2.75) is 6.18 Å². The highest BCUT2D eigenvalue weighted by Gasteiger charge is 2.30. The van der Waals surface area contributed by atoms with E-state index in [1.807, 2.05) is 0 Å². The quantitative estimate of drug-likeness (QED) is 0.695. The number of nitrogens with zero attached hydrogens (tertiary/aromatic N) is 2. The van der Waals surface area contributed by atoms with Crippen LogP contribution in [0.15, 0.2) is 34.8 Å². The third-order valence-electron chi connectivity index (χ3n) is 2.26. The van der Waals surface area contributed by atoms with E-state index in [0.29, 0.717) is 0 Å². The third-order valence-corrected chi connectivity index (χ3v) is 2.94. The SMILES string of the molecule is Nc1nc(/C([C]=O)=N/Oc2cccc(C(F)(F)F)c2)cs1. The summed E-state index contributed by atoms with van der Waals surface area (Å²) < 4.78 is 37.6. The average Bonchev–Trinajstić information content (AvgIpc) is 2.85. The molecule has 1 aromatic heterocycles. The van der Waals surface area contributed by atoms with Gasteiger partial charge in [0.2, 0.25) is 0 Å². The van der Waals surface area contributed by atoms with Crippen LogP contribution in [-0.4, -0.2) is 17.0 Å². The summed E-state index contributed by atoms with van der Waals surface area (Å²) in [5.41, 5.74) is 4.37. The molecule has 21 heavy (non-hydrogen) atoms. The number of alkyl halides is 3. The molecule has 0 saturated carbocycles. The Morgan fingerprint density at radius 3 is 2.76 bits per heavy atom. The molecule has 0 aliphatic carbocycles. The fourth-order valence-electron chi connectivity index (χ4n) is 1.34. The molecule has 0 unspecified atom stereocenters. The van der Waals surface area contributed by atoms with Crippen LogP contribution in [0.25, 0.3) is 0 Å². The van der Waals surface area contributed by atoms with Gasteiger partial charge in [-0.05, 0) is 18.2 Å². The Morgan fingerprint density at radius 1 is 1.43 bits per heavy atom. The minimum atomic E-state index is -4.49. The standard InChI is InChI=1S/C12H7F3N3O2S/c13-12(14,15)7-2-1-3-8(4-7)20-18-9(5-19)10-6-21-11(16)17-10/h1-4,6H,(H2,16,17)/b18-9+. The van der Waals surface area contributed by atoms with Gasteiger partial charge in [0.15, 0.2) is 16.6 Å². The van der Waals surface area contributed by atoms with Gasteiger partial charge < -0.3 is 10.6 Å². The molecule has 2 N–H and O–H groups in total. The molecule has 1 aromatic carbocycles. The number of oxime groups is 1. The molecular formula is C12H7F3N3O2S. The number of benzene rings is 1. The van der Waals surface area contributed by atoms with Gasteiger partial charge in [-0.25, -0.2) is 4.98 Å². The number of nitrogens with two attached hydrogens (primary N) is 1. The highest BCUT2D eigenvalue weighted by Crippen LogP contribution is 2.31. The van der Waals surface area contributed by atoms with Crippen molar-refractivity contribution in [1.29, 1.82) is 0 Å². The third kappa shape index (κ3) is 3.78. The number of hydrogen-bond donors (Lipinski definition) is 1. The van der Waals surface area contributed by atoms with Crippen LogP contribution in [0, 0.1) is 0 Å². The maximum atomic E-state index is 12.5. The van der Waals surface area contributed by atoms with Gasteiger partial charge >= 0.3 is 6.18 Å². The largest absolute Gasteiger partial charge is 0.416 e. The molecule has 0 aliphatic heterocycles. The van der Waals surface area contributed by atoms with E-state index in [2.05, 4.69) is 10.1 Å². The second-order valence-corrected chi connectivity index (χ2v) is 4.62. The van der Waals surface area contributed by atoms with Gasteiger partial charge in [-0.2, -0.15) is 13.2 Å². The highest BCUT2D eigenvalue weighted by molar-refractivity contribution is 7.13. The van der Waals surface area contributed by atoms with E-state index in [9.17, 15) is 18.0 Å². The van der Waals surface area contributed by atoms with Crippen LogP contribution >= 0.6 is 11.3 Å². The second kappa shape index (κ2) is 5.92. The Labute approximate surface area is 120 Å². The zero-order valence-corrected chi connectivity index (χ0v) is 11.0. The Morgan fingerprint density at radius 2 is 2.19 bits per heavy atom. The Balaban J connectivity index is 2.21. The fourth-order valence-corrected chi connectivity index (χ4v) is 1.89. The zero-order valence-electron chi connectivity index (χ0n) is 10.2. The molecule has 109 valence electrons. The van der Waals surface area contributed by atoms with E-state index in [1.165, 1.54) is 23.8 Å². The van der Waals surface area contributed by atoms with E-state index in [0.717, 1.165) is 23.5 Å². The lowest BCUT2D eigenvalue weighted by Crippen LogP contribution is -2.07. The van der Waals surface area contributed by atoms with Gasteiger partial charge in [0.05, 0.1) is 5.56 Å². The van der Waals surface area contributed by atoms with E-state index >= 15 is 0 Å². The number of thiazole rings is 1. The molecule has 9 heteroatoms. The minimum absolute atomic E-state index is 0.138.